The number of nitrogens with one attached hydrogen (secondary N) is 1. The van der Waals surface area contributed by atoms with Crippen molar-refractivity contribution in [3.8, 4) is 0 Å². The van der Waals surface area contributed by atoms with Crippen molar-refractivity contribution in [2.75, 3.05) is 6.61 Å². The minimum absolute atomic E-state index is 0.175. The summed E-state index contributed by atoms with van der Waals surface area (Å²) in [6.45, 7) is 8.91. The van der Waals surface area contributed by atoms with Gasteiger partial charge in [-0.15, -0.1) is 11.3 Å². The molecule has 0 aromatic carbocycles. The molecule has 0 bridgehead atoms. The average Bonchev–Trinajstić information content (AvgIpc) is 2.71. The molecule has 3 heteroatoms. The molecule has 1 heterocycles. The molecular formula is C13H23NOS. The zero-order valence-electron chi connectivity index (χ0n) is 10.6. The van der Waals surface area contributed by atoms with Crippen LogP contribution in [0.25, 0.3) is 0 Å². The molecule has 2 atom stereocenters. The smallest absolute Gasteiger partial charge is 0.0587 e. The van der Waals surface area contributed by atoms with Gasteiger partial charge in [-0.1, -0.05) is 33.8 Å². The van der Waals surface area contributed by atoms with Crippen LogP contribution in [0.5, 0.6) is 0 Å². The number of aliphatic hydroxyl groups excluding tert-OH is 1. The summed E-state index contributed by atoms with van der Waals surface area (Å²) >= 11 is 1.78. The number of hydrogen-bond donors (Lipinski definition) is 2. The van der Waals surface area contributed by atoms with Gasteiger partial charge in [0.15, 0.2) is 0 Å². The molecule has 0 fully saturated rings. The minimum Gasteiger partial charge on any atom is -0.395 e. The lowest BCUT2D eigenvalue weighted by molar-refractivity contribution is 0.189. The van der Waals surface area contributed by atoms with Crippen LogP contribution in [0.3, 0.4) is 0 Å². The fraction of sp³-hybridized carbons (Fsp3) is 0.692. The lowest BCUT2D eigenvalue weighted by Crippen LogP contribution is -2.41. The maximum Gasteiger partial charge on any atom is 0.0587 e. The number of hydrogen-bond acceptors (Lipinski definition) is 3. The fourth-order valence-corrected chi connectivity index (χ4v) is 2.72. The van der Waals surface area contributed by atoms with E-state index in [0.29, 0.717) is 17.9 Å². The minimum atomic E-state index is 0.175. The number of thiophene rings is 1. The summed E-state index contributed by atoms with van der Waals surface area (Å²) in [6.07, 6.45) is 0. The van der Waals surface area contributed by atoms with E-state index in [2.05, 4.69) is 50.5 Å². The molecule has 16 heavy (non-hydrogen) atoms. The van der Waals surface area contributed by atoms with Gasteiger partial charge in [0.05, 0.1) is 6.61 Å². The summed E-state index contributed by atoms with van der Waals surface area (Å²) in [5.74, 6) is 0.984. The summed E-state index contributed by atoms with van der Waals surface area (Å²) in [6, 6.07) is 4.77. The van der Waals surface area contributed by atoms with Gasteiger partial charge >= 0.3 is 0 Å². The zero-order chi connectivity index (χ0) is 12.1. The first-order chi connectivity index (χ1) is 7.56. The topological polar surface area (TPSA) is 32.3 Å². The normalized spacial score (nSPS) is 15.7. The van der Waals surface area contributed by atoms with E-state index in [1.165, 1.54) is 4.88 Å². The Bertz CT molecular complexity index is 282. The lowest BCUT2D eigenvalue weighted by atomic mass is 9.98. The van der Waals surface area contributed by atoms with Crippen LogP contribution in [-0.4, -0.2) is 17.8 Å². The summed E-state index contributed by atoms with van der Waals surface area (Å²) in [5, 5.41) is 15.0. The van der Waals surface area contributed by atoms with Crippen molar-refractivity contribution in [1.29, 1.82) is 0 Å². The SMILES string of the molecule is CC(C)C(N[C@H](CO)C(C)C)c1cccs1. The standard InChI is InChI=1S/C13H23NOS/c1-9(2)11(8-15)14-13(10(3)4)12-6-5-7-16-12/h5-7,9-11,13-15H,8H2,1-4H3/t11-,13?/m1/s1. The molecule has 0 aliphatic rings. The van der Waals surface area contributed by atoms with Gasteiger partial charge in [0.1, 0.15) is 0 Å². The van der Waals surface area contributed by atoms with Crippen LogP contribution in [-0.2, 0) is 0 Å². The predicted molar refractivity (Wildman–Crippen MR) is 70.7 cm³/mol. The Kier molecular flexibility index (Phi) is 5.46. The van der Waals surface area contributed by atoms with Crippen LogP contribution in [0.4, 0.5) is 0 Å². The van der Waals surface area contributed by atoms with Crippen LogP contribution in [0, 0.1) is 11.8 Å². The Morgan fingerprint density at radius 2 is 1.94 bits per heavy atom. The fourth-order valence-electron chi connectivity index (χ4n) is 1.76. The van der Waals surface area contributed by atoms with E-state index in [0.717, 1.165) is 0 Å². The first-order valence-electron chi connectivity index (χ1n) is 5.96. The maximum absolute atomic E-state index is 9.37. The quantitative estimate of drug-likeness (QED) is 0.802. The third-order valence-corrected chi connectivity index (χ3v) is 3.87. The average molecular weight is 241 g/mol. The Morgan fingerprint density at radius 1 is 1.25 bits per heavy atom. The molecule has 2 nitrogen and oxygen atoms in total. The Morgan fingerprint density at radius 3 is 2.31 bits per heavy atom. The summed E-state index contributed by atoms with van der Waals surface area (Å²) in [4.78, 5) is 1.36. The molecule has 0 aliphatic carbocycles. The first kappa shape index (κ1) is 13.7. The monoisotopic (exact) mass is 241 g/mol. The molecule has 2 N–H and O–H groups in total. The van der Waals surface area contributed by atoms with Crippen molar-refractivity contribution in [2.24, 2.45) is 11.8 Å². The van der Waals surface area contributed by atoms with Crippen molar-refractivity contribution in [3.05, 3.63) is 22.4 Å². The van der Waals surface area contributed by atoms with Gasteiger partial charge in [0, 0.05) is 17.0 Å². The van der Waals surface area contributed by atoms with Crippen molar-refractivity contribution in [3.63, 3.8) is 0 Å². The third kappa shape index (κ3) is 3.58. The van der Waals surface area contributed by atoms with Gasteiger partial charge in [-0.2, -0.15) is 0 Å². The molecule has 0 saturated carbocycles. The molecule has 1 rings (SSSR count). The van der Waals surface area contributed by atoms with Crippen molar-refractivity contribution in [2.45, 2.75) is 39.8 Å². The highest BCUT2D eigenvalue weighted by atomic mass is 32.1. The van der Waals surface area contributed by atoms with Crippen LogP contribution in [0.15, 0.2) is 17.5 Å². The molecule has 1 aromatic rings. The van der Waals surface area contributed by atoms with Gasteiger partial charge in [0.2, 0.25) is 0 Å². The predicted octanol–water partition coefficient (Wildman–Crippen LogP) is 3.05. The van der Waals surface area contributed by atoms with E-state index in [9.17, 15) is 5.11 Å². The second kappa shape index (κ2) is 6.38. The second-order valence-electron chi connectivity index (χ2n) is 4.94. The van der Waals surface area contributed by atoms with Crippen LogP contribution >= 0.6 is 11.3 Å². The Hall–Kier alpha value is -0.380. The summed E-state index contributed by atoms with van der Waals surface area (Å²) in [5.41, 5.74) is 0. The highest BCUT2D eigenvalue weighted by Gasteiger charge is 2.22. The second-order valence-corrected chi connectivity index (χ2v) is 5.92. The van der Waals surface area contributed by atoms with E-state index in [-0.39, 0.29) is 12.6 Å². The molecule has 0 radical (unpaired) electrons. The van der Waals surface area contributed by atoms with Gasteiger partial charge < -0.3 is 10.4 Å². The van der Waals surface area contributed by atoms with Crippen LogP contribution in [0.2, 0.25) is 0 Å². The van der Waals surface area contributed by atoms with E-state index >= 15 is 0 Å². The summed E-state index contributed by atoms with van der Waals surface area (Å²) in [7, 11) is 0. The van der Waals surface area contributed by atoms with Gasteiger partial charge in [-0.3, -0.25) is 0 Å². The summed E-state index contributed by atoms with van der Waals surface area (Å²) < 4.78 is 0. The lowest BCUT2D eigenvalue weighted by Gasteiger charge is -2.29. The Labute approximate surface area is 103 Å². The third-order valence-electron chi connectivity index (χ3n) is 2.91. The molecule has 1 unspecified atom stereocenters. The zero-order valence-corrected chi connectivity index (χ0v) is 11.4. The highest BCUT2D eigenvalue weighted by molar-refractivity contribution is 7.10. The van der Waals surface area contributed by atoms with Crippen LogP contribution in [0.1, 0.15) is 38.6 Å². The van der Waals surface area contributed by atoms with Crippen molar-refractivity contribution >= 4 is 11.3 Å². The molecule has 0 aliphatic heterocycles. The molecule has 0 spiro atoms. The first-order valence-corrected chi connectivity index (χ1v) is 6.84. The van der Waals surface area contributed by atoms with Crippen molar-refractivity contribution in [1.82, 2.24) is 5.32 Å². The molecule has 0 saturated heterocycles. The van der Waals surface area contributed by atoms with Crippen molar-refractivity contribution < 1.29 is 5.11 Å². The van der Waals surface area contributed by atoms with Gasteiger partial charge in [-0.25, -0.2) is 0 Å². The maximum atomic E-state index is 9.37. The molecule has 1 aromatic heterocycles. The van der Waals surface area contributed by atoms with Crippen LogP contribution < -0.4 is 5.32 Å². The molecule has 92 valence electrons. The molecular weight excluding hydrogens is 218 g/mol. The van der Waals surface area contributed by atoms with E-state index in [4.69, 9.17) is 0 Å². The number of rotatable bonds is 6. The largest absolute Gasteiger partial charge is 0.395 e. The molecule has 0 amide bonds. The van der Waals surface area contributed by atoms with E-state index in [1.54, 1.807) is 11.3 Å². The number of aliphatic hydroxyl groups is 1. The highest BCUT2D eigenvalue weighted by Crippen LogP contribution is 2.26. The van der Waals surface area contributed by atoms with Gasteiger partial charge in [0.25, 0.3) is 0 Å². The van der Waals surface area contributed by atoms with E-state index < -0.39 is 0 Å². The Balaban J connectivity index is 2.72. The van der Waals surface area contributed by atoms with E-state index in [1.807, 2.05) is 0 Å². The van der Waals surface area contributed by atoms with Gasteiger partial charge in [-0.05, 0) is 23.3 Å².